The van der Waals surface area contributed by atoms with Crippen molar-refractivity contribution in [2.75, 3.05) is 0 Å². The van der Waals surface area contributed by atoms with Crippen molar-refractivity contribution in [2.24, 2.45) is 11.7 Å². The number of hydrogen-bond acceptors (Lipinski definition) is 4. The lowest BCUT2D eigenvalue weighted by Crippen LogP contribution is -2.38. The van der Waals surface area contributed by atoms with Crippen LogP contribution in [0.4, 0.5) is 0 Å². The van der Waals surface area contributed by atoms with Gasteiger partial charge in [-0.15, -0.1) is 11.3 Å². The summed E-state index contributed by atoms with van der Waals surface area (Å²) in [6.07, 6.45) is 3.28. The van der Waals surface area contributed by atoms with Gasteiger partial charge in [-0.3, -0.25) is 4.79 Å². The minimum atomic E-state index is -0.377. The Kier molecular flexibility index (Phi) is 5.50. The Bertz CT molecular complexity index is 378. The highest BCUT2D eigenvalue weighted by atomic mass is 32.1. The second kappa shape index (κ2) is 6.66. The molecule has 1 aromatic rings. The van der Waals surface area contributed by atoms with Crippen molar-refractivity contribution in [3.05, 3.63) is 16.6 Å². The van der Waals surface area contributed by atoms with Crippen LogP contribution in [0.2, 0.25) is 0 Å². The van der Waals surface area contributed by atoms with E-state index in [1.54, 1.807) is 6.20 Å². The molecule has 0 aliphatic heterocycles. The first-order valence-electron chi connectivity index (χ1n) is 5.55. The van der Waals surface area contributed by atoms with Crippen LogP contribution in [0.1, 0.15) is 37.7 Å². The summed E-state index contributed by atoms with van der Waals surface area (Å²) in [6.45, 7) is 3.90. The monoisotopic (exact) mass is 271 g/mol. The van der Waals surface area contributed by atoms with Crippen LogP contribution in [0.3, 0.4) is 0 Å². The predicted octanol–water partition coefficient (Wildman–Crippen LogP) is 2.02. The van der Waals surface area contributed by atoms with E-state index in [-0.39, 0.29) is 22.9 Å². The molecule has 1 amide bonds. The molecule has 94 valence electrons. The van der Waals surface area contributed by atoms with Crippen LogP contribution in [0, 0.1) is 5.92 Å². The molecule has 4 nitrogen and oxygen atoms in total. The van der Waals surface area contributed by atoms with E-state index < -0.39 is 0 Å². The molecule has 2 unspecified atom stereocenters. The zero-order valence-corrected chi connectivity index (χ0v) is 11.6. The van der Waals surface area contributed by atoms with Gasteiger partial charge in [0.1, 0.15) is 5.01 Å². The van der Waals surface area contributed by atoms with Gasteiger partial charge in [-0.25, -0.2) is 4.98 Å². The summed E-state index contributed by atoms with van der Waals surface area (Å²) in [5, 5.41) is 5.66. The molecule has 1 rings (SSSR count). The minimum Gasteiger partial charge on any atom is -0.393 e. The fourth-order valence-corrected chi connectivity index (χ4v) is 2.39. The lowest BCUT2D eigenvalue weighted by molar-refractivity contribution is -0.123. The molecular weight excluding hydrogens is 254 g/mol. The van der Waals surface area contributed by atoms with Crippen LogP contribution in [0.25, 0.3) is 0 Å². The van der Waals surface area contributed by atoms with Crippen molar-refractivity contribution in [2.45, 2.75) is 32.7 Å². The number of rotatable bonds is 6. The van der Waals surface area contributed by atoms with E-state index in [1.165, 1.54) is 11.3 Å². The van der Waals surface area contributed by atoms with E-state index in [2.05, 4.69) is 10.3 Å². The maximum absolute atomic E-state index is 12.0. The van der Waals surface area contributed by atoms with Crippen LogP contribution in [0.5, 0.6) is 0 Å². The van der Waals surface area contributed by atoms with E-state index >= 15 is 0 Å². The molecule has 0 saturated heterocycles. The summed E-state index contributed by atoms with van der Waals surface area (Å²) >= 11 is 6.43. The van der Waals surface area contributed by atoms with E-state index in [4.69, 9.17) is 18.0 Å². The van der Waals surface area contributed by atoms with E-state index in [1.807, 2.05) is 19.2 Å². The SMILES string of the molecule is CCCC(C(=O)NC(C)c1nccs1)C(N)=S. The van der Waals surface area contributed by atoms with Crippen molar-refractivity contribution < 1.29 is 4.79 Å². The zero-order valence-electron chi connectivity index (χ0n) is 9.97. The number of aromatic nitrogens is 1. The molecule has 0 saturated carbocycles. The Morgan fingerprint density at radius 1 is 1.71 bits per heavy atom. The first-order chi connectivity index (χ1) is 8.06. The third-order valence-electron chi connectivity index (χ3n) is 2.42. The van der Waals surface area contributed by atoms with Gasteiger partial charge in [0.15, 0.2) is 0 Å². The normalized spacial score (nSPS) is 14.0. The number of nitrogens with one attached hydrogen (secondary N) is 1. The van der Waals surface area contributed by atoms with E-state index in [0.29, 0.717) is 6.42 Å². The third-order valence-corrected chi connectivity index (χ3v) is 3.66. The minimum absolute atomic E-state index is 0.101. The number of carbonyl (C=O) groups is 1. The van der Waals surface area contributed by atoms with E-state index in [0.717, 1.165) is 11.4 Å². The van der Waals surface area contributed by atoms with Crippen LogP contribution in [-0.4, -0.2) is 15.9 Å². The molecular formula is C11H17N3OS2. The van der Waals surface area contributed by atoms with Crippen molar-refractivity contribution in [1.82, 2.24) is 10.3 Å². The fraction of sp³-hybridized carbons (Fsp3) is 0.545. The molecule has 1 heterocycles. The molecule has 1 aromatic heterocycles. The van der Waals surface area contributed by atoms with Gasteiger partial charge in [0.25, 0.3) is 0 Å². The Morgan fingerprint density at radius 2 is 2.41 bits per heavy atom. The van der Waals surface area contributed by atoms with Crippen molar-refractivity contribution in [3.8, 4) is 0 Å². The van der Waals surface area contributed by atoms with Gasteiger partial charge in [0.05, 0.1) is 16.9 Å². The molecule has 0 radical (unpaired) electrons. The van der Waals surface area contributed by atoms with Crippen LogP contribution < -0.4 is 11.1 Å². The summed E-state index contributed by atoms with van der Waals surface area (Å²) in [5.41, 5.74) is 5.58. The fourth-order valence-electron chi connectivity index (χ4n) is 1.52. The molecule has 0 bridgehead atoms. The average Bonchev–Trinajstić information content (AvgIpc) is 2.78. The number of nitrogens with two attached hydrogens (primary N) is 1. The highest BCUT2D eigenvalue weighted by Gasteiger charge is 2.22. The average molecular weight is 271 g/mol. The number of carbonyl (C=O) groups excluding carboxylic acids is 1. The van der Waals surface area contributed by atoms with Crippen LogP contribution >= 0.6 is 23.6 Å². The molecule has 17 heavy (non-hydrogen) atoms. The standard InChI is InChI=1S/C11H17N3OS2/c1-3-4-8(9(12)16)10(15)14-7(2)11-13-5-6-17-11/h5-8H,3-4H2,1-2H3,(H2,12,16)(H,14,15). The summed E-state index contributed by atoms with van der Waals surface area (Å²) in [7, 11) is 0. The molecule has 0 fully saturated rings. The van der Waals surface area contributed by atoms with Crippen molar-refractivity contribution in [3.63, 3.8) is 0 Å². The topological polar surface area (TPSA) is 68.0 Å². The number of amides is 1. The number of nitrogens with zero attached hydrogens (tertiary/aromatic N) is 1. The molecule has 0 spiro atoms. The van der Waals surface area contributed by atoms with Gasteiger partial charge >= 0.3 is 0 Å². The largest absolute Gasteiger partial charge is 0.393 e. The third kappa shape index (κ3) is 4.05. The van der Waals surface area contributed by atoms with Gasteiger partial charge in [0.2, 0.25) is 5.91 Å². The first kappa shape index (κ1) is 14.1. The molecule has 0 aliphatic rings. The van der Waals surface area contributed by atoms with Gasteiger partial charge in [0, 0.05) is 11.6 Å². The number of thiocarbonyl (C=S) groups is 1. The second-order valence-electron chi connectivity index (χ2n) is 3.84. The molecule has 0 aliphatic carbocycles. The Hall–Kier alpha value is -1.01. The Morgan fingerprint density at radius 3 is 2.88 bits per heavy atom. The molecule has 3 N–H and O–H groups in total. The maximum Gasteiger partial charge on any atom is 0.230 e. The highest BCUT2D eigenvalue weighted by molar-refractivity contribution is 7.80. The van der Waals surface area contributed by atoms with Crippen molar-refractivity contribution >= 4 is 34.5 Å². The van der Waals surface area contributed by atoms with Gasteiger partial charge in [-0.05, 0) is 13.3 Å². The molecule has 0 aromatic carbocycles. The second-order valence-corrected chi connectivity index (χ2v) is 5.24. The van der Waals surface area contributed by atoms with Gasteiger partial charge in [-0.1, -0.05) is 25.6 Å². The molecule has 2 atom stereocenters. The van der Waals surface area contributed by atoms with Crippen molar-refractivity contribution in [1.29, 1.82) is 0 Å². The summed E-state index contributed by atoms with van der Waals surface area (Å²) in [4.78, 5) is 16.4. The summed E-state index contributed by atoms with van der Waals surface area (Å²) < 4.78 is 0. The summed E-state index contributed by atoms with van der Waals surface area (Å²) in [6, 6.07) is -0.101. The van der Waals surface area contributed by atoms with E-state index in [9.17, 15) is 4.79 Å². The van der Waals surface area contributed by atoms with Crippen LogP contribution in [0.15, 0.2) is 11.6 Å². The van der Waals surface area contributed by atoms with Gasteiger partial charge < -0.3 is 11.1 Å². The lowest BCUT2D eigenvalue weighted by Gasteiger charge is -2.17. The van der Waals surface area contributed by atoms with Gasteiger partial charge in [-0.2, -0.15) is 0 Å². The lowest BCUT2D eigenvalue weighted by atomic mass is 10.0. The smallest absolute Gasteiger partial charge is 0.230 e. The summed E-state index contributed by atoms with van der Waals surface area (Å²) in [5.74, 6) is -0.487. The predicted molar refractivity (Wildman–Crippen MR) is 73.9 cm³/mol. The Labute approximate surface area is 111 Å². The highest BCUT2D eigenvalue weighted by Crippen LogP contribution is 2.16. The first-order valence-corrected chi connectivity index (χ1v) is 6.84. The Balaban J connectivity index is 2.60. The zero-order chi connectivity index (χ0) is 12.8. The number of thiazole rings is 1. The van der Waals surface area contributed by atoms with Crippen LogP contribution in [-0.2, 0) is 4.79 Å². The molecule has 6 heteroatoms. The maximum atomic E-state index is 12.0. The number of hydrogen-bond donors (Lipinski definition) is 2. The quantitative estimate of drug-likeness (QED) is 0.777.